The molecule has 7 heteroatoms. The Bertz CT molecular complexity index is 643. The first-order valence-corrected chi connectivity index (χ1v) is 9.00. The van der Waals surface area contributed by atoms with Crippen LogP contribution in [-0.2, 0) is 16.6 Å². The highest BCUT2D eigenvalue weighted by Gasteiger charge is 2.30. The molecule has 1 fully saturated rings. The van der Waals surface area contributed by atoms with Gasteiger partial charge in [0.1, 0.15) is 0 Å². The van der Waals surface area contributed by atoms with Crippen LogP contribution in [0.5, 0.6) is 0 Å². The normalized spacial score (nSPS) is 18.9. The first-order valence-electron chi connectivity index (χ1n) is 7.28. The van der Waals surface area contributed by atoms with Gasteiger partial charge in [-0.05, 0) is 38.1 Å². The van der Waals surface area contributed by atoms with Gasteiger partial charge in [0, 0.05) is 25.2 Å². The zero-order chi connectivity index (χ0) is 16.3. The van der Waals surface area contributed by atoms with Crippen molar-refractivity contribution in [3.63, 3.8) is 0 Å². The van der Waals surface area contributed by atoms with Crippen molar-refractivity contribution in [1.82, 2.24) is 9.80 Å². The summed E-state index contributed by atoms with van der Waals surface area (Å²) in [5, 5.41) is 5.09. The Hall–Kier alpha value is -1.44. The third-order valence-electron chi connectivity index (χ3n) is 3.78. The summed E-state index contributed by atoms with van der Waals surface area (Å²) in [5.41, 5.74) is 1.67. The zero-order valence-corrected chi connectivity index (χ0v) is 13.8. The Morgan fingerprint density at radius 1 is 1.36 bits per heavy atom. The maximum Gasteiger partial charge on any atom is 0.254 e. The van der Waals surface area contributed by atoms with E-state index in [4.69, 9.17) is 5.14 Å². The molecule has 122 valence electrons. The summed E-state index contributed by atoms with van der Waals surface area (Å²) in [6, 6.07) is 7.55. The topological polar surface area (TPSA) is 83.7 Å². The molecule has 6 nitrogen and oxygen atoms in total. The highest BCUT2D eigenvalue weighted by Crippen LogP contribution is 2.21. The molecule has 2 N–H and O–H groups in total. The van der Waals surface area contributed by atoms with Crippen LogP contribution in [0.4, 0.5) is 0 Å². The fourth-order valence-electron chi connectivity index (χ4n) is 2.86. The lowest BCUT2D eigenvalue weighted by Gasteiger charge is -2.20. The molecule has 1 aromatic carbocycles. The summed E-state index contributed by atoms with van der Waals surface area (Å²) in [7, 11) is 0.425. The monoisotopic (exact) mass is 325 g/mol. The number of carbonyl (C=O) groups is 1. The Morgan fingerprint density at radius 2 is 2.05 bits per heavy atom. The van der Waals surface area contributed by atoms with Crippen LogP contribution in [0.1, 0.15) is 22.3 Å². The molecule has 0 aliphatic carbocycles. The van der Waals surface area contributed by atoms with Crippen molar-refractivity contribution in [2.24, 2.45) is 11.1 Å². The summed E-state index contributed by atoms with van der Waals surface area (Å²) in [4.78, 5) is 16.4. The molecule has 0 unspecified atom stereocenters. The Balaban J connectivity index is 2.10. The first kappa shape index (κ1) is 16.9. The van der Waals surface area contributed by atoms with Gasteiger partial charge in [-0.3, -0.25) is 4.79 Å². The van der Waals surface area contributed by atoms with Crippen molar-refractivity contribution in [3.8, 4) is 0 Å². The van der Waals surface area contributed by atoms with Crippen LogP contribution in [0.3, 0.4) is 0 Å². The quantitative estimate of drug-likeness (QED) is 0.854. The van der Waals surface area contributed by atoms with E-state index in [-0.39, 0.29) is 17.6 Å². The highest BCUT2D eigenvalue weighted by atomic mass is 32.2. The number of likely N-dealkylation sites (tertiary alicyclic amines) is 1. The van der Waals surface area contributed by atoms with E-state index in [0.29, 0.717) is 31.6 Å². The van der Waals surface area contributed by atoms with E-state index in [1.165, 1.54) is 0 Å². The molecule has 0 spiro atoms. The number of hydrogen-bond donors (Lipinski definition) is 1. The molecule has 1 saturated heterocycles. The maximum atomic E-state index is 12.7. The average Bonchev–Trinajstić information content (AvgIpc) is 2.84. The molecule has 0 saturated carbocycles. The molecule has 1 amide bonds. The van der Waals surface area contributed by atoms with E-state index >= 15 is 0 Å². The standard InChI is InChI=1S/C15H23N3O3S/c1-17(2)10-13-5-3-4-6-14(13)15(19)18-8-7-12(9-18)11-22(16,20)21/h3-6,12H,7-11H2,1-2H3,(H2,16,20,21)/t12-/m0/s1. The number of nitrogens with zero attached hydrogens (tertiary/aromatic N) is 2. The van der Waals surface area contributed by atoms with Crippen molar-refractivity contribution in [1.29, 1.82) is 0 Å². The van der Waals surface area contributed by atoms with Crippen molar-refractivity contribution in [3.05, 3.63) is 35.4 Å². The molecule has 0 radical (unpaired) electrons. The number of carbonyl (C=O) groups excluding carboxylic acids is 1. The predicted molar refractivity (Wildman–Crippen MR) is 85.8 cm³/mol. The van der Waals surface area contributed by atoms with Gasteiger partial charge in [0.2, 0.25) is 10.0 Å². The largest absolute Gasteiger partial charge is 0.338 e. The molecular weight excluding hydrogens is 302 g/mol. The van der Waals surface area contributed by atoms with Crippen molar-refractivity contribution in [2.75, 3.05) is 32.9 Å². The molecule has 1 aliphatic heterocycles. The van der Waals surface area contributed by atoms with E-state index < -0.39 is 10.0 Å². The van der Waals surface area contributed by atoms with Crippen LogP contribution >= 0.6 is 0 Å². The Morgan fingerprint density at radius 3 is 2.68 bits per heavy atom. The maximum absolute atomic E-state index is 12.7. The van der Waals surface area contributed by atoms with Crippen LogP contribution in [0.2, 0.25) is 0 Å². The smallest absolute Gasteiger partial charge is 0.254 e. The van der Waals surface area contributed by atoms with Crippen LogP contribution in [0.15, 0.2) is 24.3 Å². The summed E-state index contributed by atoms with van der Waals surface area (Å²) < 4.78 is 22.4. The second-order valence-electron chi connectivity index (χ2n) is 6.13. The molecule has 22 heavy (non-hydrogen) atoms. The van der Waals surface area contributed by atoms with E-state index in [0.717, 1.165) is 5.56 Å². The van der Waals surface area contributed by atoms with Gasteiger partial charge in [-0.25, -0.2) is 13.6 Å². The molecule has 2 rings (SSSR count). The molecule has 0 bridgehead atoms. The van der Waals surface area contributed by atoms with Gasteiger partial charge in [-0.2, -0.15) is 0 Å². The SMILES string of the molecule is CN(C)Cc1ccccc1C(=O)N1CC[C@H](CS(N)(=O)=O)C1. The first-order chi connectivity index (χ1) is 10.3. The third-order valence-corrected chi connectivity index (χ3v) is 4.71. The minimum Gasteiger partial charge on any atom is -0.338 e. The second kappa shape index (κ2) is 6.76. The van der Waals surface area contributed by atoms with Crippen LogP contribution in [0.25, 0.3) is 0 Å². The minimum atomic E-state index is -3.49. The average molecular weight is 325 g/mol. The second-order valence-corrected chi connectivity index (χ2v) is 7.79. The number of rotatable bonds is 5. The van der Waals surface area contributed by atoms with Gasteiger partial charge in [0.25, 0.3) is 5.91 Å². The number of primary sulfonamides is 1. The summed E-state index contributed by atoms with van der Waals surface area (Å²) in [5.74, 6) is -0.162. The molecule has 1 heterocycles. The van der Waals surface area contributed by atoms with E-state index in [2.05, 4.69) is 0 Å². The highest BCUT2D eigenvalue weighted by molar-refractivity contribution is 7.89. The van der Waals surface area contributed by atoms with E-state index in [9.17, 15) is 13.2 Å². The predicted octanol–water partition coefficient (Wildman–Crippen LogP) is 0.499. The van der Waals surface area contributed by atoms with Gasteiger partial charge in [0.15, 0.2) is 0 Å². The number of nitrogens with two attached hydrogens (primary N) is 1. The summed E-state index contributed by atoms with van der Waals surface area (Å²) >= 11 is 0. The summed E-state index contributed by atoms with van der Waals surface area (Å²) in [6.07, 6.45) is 0.679. The molecule has 1 atom stereocenters. The van der Waals surface area contributed by atoms with Crippen molar-refractivity contribution in [2.45, 2.75) is 13.0 Å². The van der Waals surface area contributed by atoms with E-state index in [1.807, 2.05) is 43.3 Å². The number of hydrogen-bond acceptors (Lipinski definition) is 4. The fourth-order valence-corrected chi connectivity index (χ4v) is 3.79. The lowest BCUT2D eigenvalue weighted by Crippen LogP contribution is -2.31. The third kappa shape index (κ3) is 4.53. The Kier molecular flexibility index (Phi) is 5.20. The molecule has 1 aliphatic rings. The van der Waals surface area contributed by atoms with Crippen molar-refractivity contribution < 1.29 is 13.2 Å². The van der Waals surface area contributed by atoms with E-state index in [1.54, 1.807) is 4.90 Å². The molecular formula is C15H23N3O3S. The zero-order valence-electron chi connectivity index (χ0n) is 13.0. The van der Waals surface area contributed by atoms with Crippen LogP contribution in [-0.4, -0.2) is 57.1 Å². The van der Waals surface area contributed by atoms with Gasteiger partial charge in [-0.15, -0.1) is 0 Å². The lowest BCUT2D eigenvalue weighted by molar-refractivity contribution is 0.0786. The van der Waals surface area contributed by atoms with Gasteiger partial charge >= 0.3 is 0 Å². The molecule has 0 aromatic heterocycles. The van der Waals surface area contributed by atoms with Crippen molar-refractivity contribution >= 4 is 15.9 Å². The van der Waals surface area contributed by atoms with Crippen LogP contribution in [0, 0.1) is 5.92 Å². The fraction of sp³-hybridized carbons (Fsp3) is 0.533. The van der Waals surface area contributed by atoms with Crippen LogP contribution < -0.4 is 5.14 Å². The van der Waals surface area contributed by atoms with Gasteiger partial charge in [0.05, 0.1) is 5.75 Å². The van der Waals surface area contributed by atoms with Gasteiger partial charge in [-0.1, -0.05) is 18.2 Å². The number of sulfonamides is 1. The summed E-state index contributed by atoms with van der Waals surface area (Å²) in [6.45, 7) is 1.72. The number of benzene rings is 1. The minimum absolute atomic E-state index is 0.0330. The lowest BCUT2D eigenvalue weighted by atomic mass is 10.1. The number of amides is 1. The molecule has 1 aromatic rings. The van der Waals surface area contributed by atoms with Gasteiger partial charge < -0.3 is 9.80 Å². The Labute approximate surface area is 131 Å².